The molecule has 1 aromatic rings. The molecule has 1 amide bonds. The van der Waals surface area contributed by atoms with Crippen molar-refractivity contribution < 1.29 is 15.0 Å². The second-order valence-electron chi connectivity index (χ2n) is 4.66. The normalized spacial score (nSPS) is 21.2. The van der Waals surface area contributed by atoms with Crippen LogP contribution in [-0.2, 0) is 0 Å². The molecule has 0 unspecified atom stereocenters. The number of likely N-dealkylation sites (tertiary alicyclic amines) is 1. The first kappa shape index (κ1) is 14.4. The second kappa shape index (κ2) is 5.99. The quantitative estimate of drug-likeness (QED) is 0.878. The van der Waals surface area contributed by atoms with Crippen molar-refractivity contribution in [2.45, 2.75) is 31.4 Å². The van der Waals surface area contributed by atoms with Crippen molar-refractivity contribution in [2.24, 2.45) is 0 Å². The number of piperidine rings is 1. The Hall–Kier alpha value is -0.970. The van der Waals surface area contributed by atoms with Crippen molar-refractivity contribution in [3.8, 4) is 0 Å². The van der Waals surface area contributed by atoms with E-state index in [1.165, 1.54) is 4.90 Å². The number of nitrogens with zero attached hydrogens (tertiary/aromatic N) is 1. The molecule has 1 saturated heterocycles. The summed E-state index contributed by atoms with van der Waals surface area (Å²) in [5.74, 6) is 0. The minimum absolute atomic E-state index is 0.357. The summed E-state index contributed by atoms with van der Waals surface area (Å²) in [6, 6.07) is 4.44. The maximum absolute atomic E-state index is 11.2. The van der Waals surface area contributed by atoms with Gasteiger partial charge in [0, 0.05) is 6.54 Å². The van der Waals surface area contributed by atoms with Gasteiger partial charge in [-0.25, -0.2) is 4.79 Å². The lowest BCUT2D eigenvalue weighted by Crippen LogP contribution is -2.46. The van der Waals surface area contributed by atoms with Crippen LogP contribution >= 0.6 is 23.2 Å². The van der Waals surface area contributed by atoms with Crippen LogP contribution in [-0.4, -0.2) is 33.8 Å². The van der Waals surface area contributed by atoms with Gasteiger partial charge in [-0.15, -0.1) is 0 Å². The second-order valence-corrected chi connectivity index (χ2v) is 5.47. The minimum Gasteiger partial charge on any atom is -0.465 e. The maximum atomic E-state index is 11.2. The first-order valence-electron chi connectivity index (χ1n) is 6.13. The molecule has 4 nitrogen and oxygen atoms in total. The Kier molecular flexibility index (Phi) is 4.55. The van der Waals surface area contributed by atoms with Crippen LogP contribution in [0.5, 0.6) is 0 Å². The van der Waals surface area contributed by atoms with Crippen molar-refractivity contribution in [1.29, 1.82) is 0 Å². The number of halogens is 2. The van der Waals surface area contributed by atoms with Gasteiger partial charge >= 0.3 is 6.09 Å². The molecule has 1 aliphatic rings. The Morgan fingerprint density at radius 1 is 1.32 bits per heavy atom. The van der Waals surface area contributed by atoms with Gasteiger partial charge in [-0.3, -0.25) is 0 Å². The Bertz CT molecular complexity index is 481. The molecule has 19 heavy (non-hydrogen) atoms. The highest BCUT2D eigenvalue weighted by Crippen LogP contribution is 2.32. The van der Waals surface area contributed by atoms with E-state index in [1.807, 2.05) is 0 Å². The van der Waals surface area contributed by atoms with Crippen LogP contribution < -0.4 is 0 Å². The number of amides is 1. The number of rotatable bonds is 2. The lowest BCUT2D eigenvalue weighted by Gasteiger charge is -2.36. The average molecular weight is 304 g/mol. The number of hydrogen-bond acceptors (Lipinski definition) is 2. The molecule has 1 aromatic carbocycles. The molecule has 2 N–H and O–H groups in total. The van der Waals surface area contributed by atoms with E-state index < -0.39 is 18.2 Å². The number of carbonyl (C=O) groups is 1. The summed E-state index contributed by atoms with van der Waals surface area (Å²) < 4.78 is 0. The molecule has 0 aliphatic carbocycles. The summed E-state index contributed by atoms with van der Waals surface area (Å²) >= 11 is 11.8. The van der Waals surface area contributed by atoms with Gasteiger partial charge in [0.15, 0.2) is 0 Å². The van der Waals surface area contributed by atoms with Gasteiger partial charge in [-0.05, 0) is 37.0 Å². The van der Waals surface area contributed by atoms with E-state index in [2.05, 4.69) is 0 Å². The van der Waals surface area contributed by atoms with Crippen LogP contribution in [0.25, 0.3) is 0 Å². The lowest BCUT2D eigenvalue weighted by atomic mass is 9.93. The zero-order chi connectivity index (χ0) is 14.0. The summed E-state index contributed by atoms with van der Waals surface area (Å²) in [6.45, 7) is 0.457. The zero-order valence-electron chi connectivity index (χ0n) is 10.2. The van der Waals surface area contributed by atoms with Crippen molar-refractivity contribution >= 4 is 29.3 Å². The van der Waals surface area contributed by atoms with Crippen molar-refractivity contribution in [1.82, 2.24) is 4.90 Å². The van der Waals surface area contributed by atoms with Crippen LogP contribution in [0, 0.1) is 0 Å². The Balaban J connectivity index is 2.23. The Morgan fingerprint density at radius 2 is 2.05 bits per heavy atom. The maximum Gasteiger partial charge on any atom is 0.407 e. The summed E-state index contributed by atoms with van der Waals surface area (Å²) in [5, 5.41) is 20.3. The van der Waals surface area contributed by atoms with Crippen molar-refractivity contribution in [3.63, 3.8) is 0 Å². The van der Waals surface area contributed by atoms with Gasteiger partial charge in [0.1, 0.15) is 0 Å². The van der Waals surface area contributed by atoms with E-state index in [4.69, 9.17) is 23.2 Å². The molecular weight excluding hydrogens is 289 g/mol. The summed E-state index contributed by atoms with van der Waals surface area (Å²) in [7, 11) is 0. The van der Waals surface area contributed by atoms with Crippen molar-refractivity contribution in [2.75, 3.05) is 6.54 Å². The van der Waals surface area contributed by atoms with Gasteiger partial charge in [0.2, 0.25) is 0 Å². The number of hydrogen-bond donors (Lipinski definition) is 2. The highest BCUT2D eigenvalue weighted by Gasteiger charge is 2.32. The van der Waals surface area contributed by atoms with Crippen LogP contribution in [0.3, 0.4) is 0 Å². The molecule has 1 heterocycles. The van der Waals surface area contributed by atoms with Gasteiger partial charge in [-0.2, -0.15) is 0 Å². The standard InChI is InChI=1S/C13H15Cl2NO3/c14-9-5-4-8(7-10(9)15)12(17)11-3-1-2-6-16(11)13(18)19/h4-5,7,11-12,17H,1-3,6H2,(H,18,19)/t11-,12+/m0/s1. The highest BCUT2D eigenvalue weighted by atomic mass is 35.5. The predicted octanol–water partition coefficient (Wildman–Crippen LogP) is 3.56. The number of benzene rings is 1. The molecule has 1 aliphatic heterocycles. The van der Waals surface area contributed by atoms with E-state index in [0.717, 1.165) is 12.8 Å². The fourth-order valence-electron chi connectivity index (χ4n) is 2.44. The summed E-state index contributed by atoms with van der Waals surface area (Å²) in [6.07, 6.45) is 0.507. The third-order valence-corrected chi connectivity index (χ3v) is 4.18. The smallest absolute Gasteiger partial charge is 0.407 e. The molecule has 6 heteroatoms. The van der Waals surface area contributed by atoms with Crippen LogP contribution in [0.2, 0.25) is 10.0 Å². The van der Waals surface area contributed by atoms with Crippen LogP contribution in [0.4, 0.5) is 4.79 Å². The number of carboxylic acid groups (broad SMARTS) is 1. The van der Waals surface area contributed by atoms with E-state index in [-0.39, 0.29) is 0 Å². The SMILES string of the molecule is O=C(O)N1CCCC[C@H]1[C@H](O)c1ccc(Cl)c(Cl)c1. The Morgan fingerprint density at radius 3 is 2.68 bits per heavy atom. The van der Waals surface area contributed by atoms with Gasteiger partial charge in [0.05, 0.1) is 22.2 Å². The van der Waals surface area contributed by atoms with Crippen molar-refractivity contribution in [3.05, 3.63) is 33.8 Å². The highest BCUT2D eigenvalue weighted by molar-refractivity contribution is 6.42. The van der Waals surface area contributed by atoms with Gasteiger partial charge in [-0.1, -0.05) is 29.3 Å². The predicted molar refractivity (Wildman–Crippen MR) is 73.8 cm³/mol. The monoisotopic (exact) mass is 303 g/mol. The molecule has 0 spiro atoms. The first-order chi connectivity index (χ1) is 9.00. The largest absolute Gasteiger partial charge is 0.465 e. The zero-order valence-corrected chi connectivity index (χ0v) is 11.7. The molecule has 2 rings (SSSR count). The number of aliphatic hydroxyl groups excluding tert-OH is 1. The van der Waals surface area contributed by atoms with Crippen LogP contribution in [0.15, 0.2) is 18.2 Å². The third kappa shape index (κ3) is 3.14. The van der Waals surface area contributed by atoms with E-state index in [9.17, 15) is 15.0 Å². The molecule has 104 valence electrons. The van der Waals surface area contributed by atoms with Gasteiger partial charge < -0.3 is 15.1 Å². The van der Waals surface area contributed by atoms with Gasteiger partial charge in [0.25, 0.3) is 0 Å². The average Bonchev–Trinajstić information content (AvgIpc) is 2.41. The summed E-state index contributed by atoms with van der Waals surface area (Å²) in [4.78, 5) is 12.5. The van der Waals surface area contributed by atoms with E-state index in [0.29, 0.717) is 28.6 Å². The fraction of sp³-hybridized carbons (Fsp3) is 0.462. The minimum atomic E-state index is -0.996. The molecular formula is C13H15Cl2NO3. The lowest BCUT2D eigenvalue weighted by molar-refractivity contribution is 0.0286. The summed E-state index contributed by atoms with van der Waals surface area (Å²) in [5.41, 5.74) is 0.590. The van der Waals surface area contributed by atoms with Crippen LogP contribution in [0.1, 0.15) is 30.9 Å². The molecule has 0 bridgehead atoms. The molecule has 1 fully saturated rings. The Labute approximate surface area is 121 Å². The topological polar surface area (TPSA) is 60.8 Å². The van der Waals surface area contributed by atoms with E-state index in [1.54, 1.807) is 18.2 Å². The number of aliphatic hydroxyl groups is 1. The molecule has 2 atom stereocenters. The van der Waals surface area contributed by atoms with E-state index >= 15 is 0 Å². The molecule has 0 aromatic heterocycles. The third-order valence-electron chi connectivity index (χ3n) is 3.44. The molecule has 0 saturated carbocycles. The first-order valence-corrected chi connectivity index (χ1v) is 6.89. The fourth-order valence-corrected chi connectivity index (χ4v) is 2.75. The molecule has 0 radical (unpaired) electrons.